The molecule has 2 saturated carbocycles. The third-order valence-electron chi connectivity index (χ3n) is 6.50. The average Bonchev–Trinajstić information content (AvgIpc) is 2.80. The van der Waals surface area contributed by atoms with Gasteiger partial charge in [0, 0.05) is 17.1 Å². The van der Waals surface area contributed by atoms with Gasteiger partial charge in [0.15, 0.2) is 0 Å². The van der Waals surface area contributed by atoms with E-state index in [1.54, 1.807) is 0 Å². The number of nitro benzene ring substituents is 1. The van der Waals surface area contributed by atoms with Crippen LogP contribution in [0.4, 0.5) is 5.69 Å². The maximum atomic E-state index is 12.6. The second-order valence-corrected chi connectivity index (χ2v) is 7.99. The van der Waals surface area contributed by atoms with E-state index in [1.165, 1.54) is 24.6 Å². The fourth-order valence-corrected chi connectivity index (χ4v) is 4.67. The Bertz CT molecular complexity index is 688. The fourth-order valence-electron chi connectivity index (χ4n) is 4.51. The average molecular weight is 337 g/mol. The molecule has 0 spiro atoms. The number of rotatable bonds is 3. The summed E-state index contributed by atoms with van der Waals surface area (Å²) in [7, 11) is 0. The van der Waals surface area contributed by atoms with Crippen LogP contribution < -0.4 is 5.32 Å². The fraction of sp³-hybridized carbons (Fsp3) is 0.588. The molecule has 2 aliphatic carbocycles. The highest BCUT2D eigenvalue weighted by Crippen LogP contribution is 2.65. The van der Waals surface area contributed by atoms with Crippen LogP contribution in [0.2, 0.25) is 5.02 Å². The monoisotopic (exact) mass is 336 g/mol. The first-order valence-electron chi connectivity index (χ1n) is 7.91. The van der Waals surface area contributed by atoms with E-state index in [4.69, 9.17) is 11.6 Å². The Morgan fingerprint density at radius 2 is 2.09 bits per heavy atom. The molecular weight excluding hydrogens is 316 g/mol. The lowest BCUT2D eigenvalue weighted by molar-refractivity contribution is -0.385. The van der Waals surface area contributed by atoms with Crippen LogP contribution in [0.15, 0.2) is 18.2 Å². The van der Waals surface area contributed by atoms with Crippen molar-refractivity contribution in [3.63, 3.8) is 0 Å². The standard InChI is InChI=1S/C17H21ClN2O3/c1-16(2)10-6-7-17(16,3)14(8-10)19-15(21)12-5-4-11(18)9-13(12)20(22)23/h4-5,9-10,14H,6-8H2,1-3H3,(H,19,21). The normalized spacial score (nSPS) is 31.1. The quantitative estimate of drug-likeness (QED) is 0.664. The van der Waals surface area contributed by atoms with Crippen molar-refractivity contribution in [2.75, 3.05) is 0 Å². The van der Waals surface area contributed by atoms with E-state index in [1.807, 2.05) is 0 Å². The van der Waals surface area contributed by atoms with Crippen LogP contribution in [0, 0.1) is 26.9 Å². The predicted octanol–water partition coefficient (Wildman–Crippen LogP) is 4.19. The van der Waals surface area contributed by atoms with Crippen molar-refractivity contribution in [3.05, 3.63) is 38.9 Å². The summed E-state index contributed by atoms with van der Waals surface area (Å²) in [6.45, 7) is 6.75. The lowest BCUT2D eigenvalue weighted by Gasteiger charge is -2.39. The molecule has 1 aromatic rings. The molecular formula is C17H21ClN2O3. The molecule has 3 atom stereocenters. The zero-order valence-electron chi connectivity index (χ0n) is 13.6. The van der Waals surface area contributed by atoms with E-state index in [9.17, 15) is 14.9 Å². The minimum atomic E-state index is -0.562. The lowest BCUT2D eigenvalue weighted by Crippen LogP contribution is -2.47. The molecule has 0 heterocycles. The first-order valence-corrected chi connectivity index (χ1v) is 8.29. The number of halogens is 1. The maximum absolute atomic E-state index is 12.6. The van der Waals surface area contributed by atoms with E-state index in [2.05, 4.69) is 26.1 Å². The SMILES string of the molecule is CC1(C)C2CCC1(C)C(NC(=O)c1ccc(Cl)cc1[N+](=O)[O-])C2. The number of hydrogen-bond acceptors (Lipinski definition) is 3. The van der Waals surface area contributed by atoms with Crippen molar-refractivity contribution in [2.45, 2.75) is 46.1 Å². The minimum Gasteiger partial charge on any atom is -0.349 e. The Labute approximate surface area is 140 Å². The molecule has 2 aliphatic rings. The van der Waals surface area contributed by atoms with E-state index in [0.29, 0.717) is 5.92 Å². The van der Waals surface area contributed by atoms with Crippen molar-refractivity contribution in [1.29, 1.82) is 0 Å². The molecule has 1 aromatic carbocycles. The Kier molecular flexibility index (Phi) is 3.67. The highest BCUT2D eigenvalue weighted by Gasteiger charge is 2.61. The largest absolute Gasteiger partial charge is 0.349 e. The first kappa shape index (κ1) is 16.2. The van der Waals surface area contributed by atoms with Gasteiger partial charge in [-0.2, -0.15) is 0 Å². The third-order valence-corrected chi connectivity index (χ3v) is 6.74. The van der Waals surface area contributed by atoms with Crippen LogP contribution in [0.25, 0.3) is 0 Å². The first-order chi connectivity index (χ1) is 10.7. The van der Waals surface area contributed by atoms with Gasteiger partial charge in [-0.3, -0.25) is 14.9 Å². The number of amides is 1. The lowest BCUT2D eigenvalue weighted by atomic mass is 9.69. The van der Waals surface area contributed by atoms with Crippen molar-refractivity contribution < 1.29 is 9.72 Å². The molecule has 1 amide bonds. The Hall–Kier alpha value is -1.62. The molecule has 0 saturated heterocycles. The molecule has 0 aromatic heterocycles. The maximum Gasteiger partial charge on any atom is 0.283 e. The summed E-state index contributed by atoms with van der Waals surface area (Å²) < 4.78 is 0. The Morgan fingerprint density at radius 3 is 2.61 bits per heavy atom. The number of nitrogens with zero attached hydrogens (tertiary/aromatic N) is 1. The second kappa shape index (κ2) is 5.20. The zero-order valence-corrected chi connectivity index (χ0v) is 14.3. The zero-order chi connectivity index (χ0) is 17.0. The Morgan fingerprint density at radius 1 is 1.39 bits per heavy atom. The molecule has 6 heteroatoms. The summed E-state index contributed by atoms with van der Waals surface area (Å²) in [6.07, 6.45) is 3.21. The highest BCUT2D eigenvalue weighted by atomic mass is 35.5. The summed E-state index contributed by atoms with van der Waals surface area (Å²) in [4.78, 5) is 23.2. The number of fused-ring (bicyclic) bond motifs is 2. The molecule has 2 fully saturated rings. The highest BCUT2D eigenvalue weighted by molar-refractivity contribution is 6.31. The van der Waals surface area contributed by atoms with Gasteiger partial charge >= 0.3 is 0 Å². The van der Waals surface area contributed by atoms with E-state index >= 15 is 0 Å². The summed E-state index contributed by atoms with van der Waals surface area (Å²) in [5.41, 5.74) is 0.0388. The summed E-state index contributed by atoms with van der Waals surface area (Å²) in [5, 5.41) is 14.5. The molecule has 0 aliphatic heterocycles. The molecule has 5 nitrogen and oxygen atoms in total. The van der Waals surface area contributed by atoms with Gasteiger partial charge in [0.1, 0.15) is 5.56 Å². The third kappa shape index (κ3) is 2.33. The smallest absolute Gasteiger partial charge is 0.283 e. The van der Waals surface area contributed by atoms with Gasteiger partial charge in [-0.15, -0.1) is 0 Å². The molecule has 1 N–H and O–H groups in total. The number of carbonyl (C=O) groups is 1. The summed E-state index contributed by atoms with van der Waals surface area (Å²) in [5.74, 6) is 0.209. The van der Waals surface area contributed by atoms with E-state index in [-0.39, 0.29) is 39.1 Å². The van der Waals surface area contributed by atoms with Gasteiger partial charge in [0.25, 0.3) is 11.6 Å². The van der Waals surface area contributed by atoms with Crippen LogP contribution in [0.5, 0.6) is 0 Å². The van der Waals surface area contributed by atoms with Gasteiger partial charge in [-0.1, -0.05) is 32.4 Å². The minimum absolute atomic E-state index is 0.0362. The van der Waals surface area contributed by atoms with Crippen LogP contribution in [-0.2, 0) is 0 Å². The number of nitro groups is 1. The van der Waals surface area contributed by atoms with Crippen LogP contribution >= 0.6 is 11.6 Å². The summed E-state index contributed by atoms with van der Waals surface area (Å²) in [6, 6.07) is 4.22. The van der Waals surface area contributed by atoms with Crippen molar-refractivity contribution in [2.24, 2.45) is 16.7 Å². The molecule has 3 rings (SSSR count). The van der Waals surface area contributed by atoms with Crippen LogP contribution in [-0.4, -0.2) is 16.9 Å². The molecule has 3 unspecified atom stereocenters. The molecule has 124 valence electrons. The van der Waals surface area contributed by atoms with Gasteiger partial charge in [-0.25, -0.2) is 0 Å². The van der Waals surface area contributed by atoms with E-state index < -0.39 is 4.92 Å². The van der Waals surface area contributed by atoms with Crippen molar-refractivity contribution in [3.8, 4) is 0 Å². The number of hydrogen-bond donors (Lipinski definition) is 1. The van der Waals surface area contributed by atoms with Crippen LogP contribution in [0.3, 0.4) is 0 Å². The second-order valence-electron chi connectivity index (χ2n) is 7.56. The summed E-state index contributed by atoms with van der Waals surface area (Å²) >= 11 is 5.81. The van der Waals surface area contributed by atoms with Gasteiger partial charge in [-0.05, 0) is 48.1 Å². The van der Waals surface area contributed by atoms with Gasteiger partial charge in [0.05, 0.1) is 4.92 Å². The van der Waals surface area contributed by atoms with Crippen LogP contribution in [0.1, 0.15) is 50.4 Å². The molecule has 23 heavy (non-hydrogen) atoms. The van der Waals surface area contributed by atoms with Gasteiger partial charge < -0.3 is 5.32 Å². The van der Waals surface area contributed by atoms with Crippen molar-refractivity contribution in [1.82, 2.24) is 5.32 Å². The topological polar surface area (TPSA) is 72.2 Å². The molecule has 2 bridgehead atoms. The van der Waals surface area contributed by atoms with E-state index in [0.717, 1.165) is 12.8 Å². The number of nitrogens with one attached hydrogen (secondary N) is 1. The predicted molar refractivity (Wildman–Crippen MR) is 88.6 cm³/mol. The molecule has 0 radical (unpaired) electrons. The number of carbonyl (C=O) groups excluding carboxylic acids is 1. The van der Waals surface area contributed by atoms with Gasteiger partial charge in [0.2, 0.25) is 0 Å². The number of benzene rings is 1. The Balaban J connectivity index is 1.86. The van der Waals surface area contributed by atoms with Crippen molar-refractivity contribution >= 4 is 23.2 Å².